The Kier molecular flexibility index (Phi) is 4.84. The molecule has 4 aromatic heterocycles. The number of amides is 1. The number of nitrogens with zero attached hydrogens (tertiary/aromatic N) is 5. The van der Waals surface area contributed by atoms with Gasteiger partial charge in [-0.2, -0.15) is 0 Å². The Morgan fingerprint density at radius 2 is 1.85 bits per heavy atom. The number of carbonyl (C=O) groups is 1. The first-order chi connectivity index (χ1) is 16.3. The fraction of sp³-hybridized carbons (Fsp3) is 0.120. The largest absolute Gasteiger partial charge is 0.355 e. The number of rotatable bonds is 5. The van der Waals surface area contributed by atoms with Gasteiger partial charge in [-0.1, -0.05) is 42.5 Å². The second-order valence-electron chi connectivity index (χ2n) is 7.93. The summed E-state index contributed by atoms with van der Waals surface area (Å²) in [5.74, 6) is 1.42. The molecule has 1 aliphatic heterocycles. The van der Waals surface area contributed by atoms with Crippen LogP contribution in [0.4, 0.5) is 11.6 Å². The van der Waals surface area contributed by atoms with Crippen molar-refractivity contribution in [1.29, 1.82) is 0 Å². The molecule has 1 saturated heterocycles. The Morgan fingerprint density at radius 1 is 1.00 bits per heavy atom. The highest BCUT2D eigenvalue weighted by molar-refractivity contribution is 7.13. The molecule has 1 amide bonds. The predicted octanol–water partition coefficient (Wildman–Crippen LogP) is 4.59. The summed E-state index contributed by atoms with van der Waals surface area (Å²) in [6, 6.07) is 21.8. The molecule has 0 saturated carbocycles. The van der Waals surface area contributed by atoms with E-state index in [4.69, 9.17) is 4.98 Å². The van der Waals surface area contributed by atoms with Crippen LogP contribution < -0.4 is 10.2 Å². The molecule has 0 unspecified atom stereocenters. The number of fused-ring (bicyclic) bond motifs is 1. The normalized spacial score (nSPS) is 13.8. The van der Waals surface area contributed by atoms with E-state index in [-0.39, 0.29) is 11.8 Å². The zero-order valence-electron chi connectivity index (χ0n) is 17.6. The van der Waals surface area contributed by atoms with Crippen LogP contribution >= 0.6 is 11.3 Å². The standard InChI is InChI=1S/C25H20N6OS/c32-25(29-24-23(20-9-6-12-33-20)28-21-10-4-5-11-31(21)24)18-14-30(15-18)22-13-19(26-16-27-22)17-7-2-1-3-8-17/h1-13,16,18H,14-15H2,(H,29,32). The van der Waals surface area contributed by atoms with Crippen molar-refractivity contribution in [2.45, 2.75) is 0 Å². The Bertz CT molecular complexity index is 1420. The Morgan fingerprint density at radius 3 is 2.67 bits per heavy atom. The van der Waals surface area contributed by atoms with Gasteiger partial charge < -0.3 is 10.2 Å². The fourth-order valence-electron chi connectivity index (χ4n) is 4.04. The maximum absolute atomic E-state index is 13.1. The molecule has 0 spiro atoms. The molecule has 7 nitrogen and oxygen atoms in total. The van der Waals surface area contributed by atoms with Crippen LogP contribution in [0.3, 0.4) is 0 Å². The zero-order valence-corrected chi connectivity index (χ0v) is 18.4. The summed E-state index contributed by atoms with van der Waals surface area (Å²) >= 11 is 1.61. The number of aromatic nitrogens is 4. The Balaban J connectivity index is 1.20. The van der Waals surface area contributed by atoms with Gasteiger partial charge in [0.1, 0.15) is 29.3 Å². The summed E-state index contributed by atoms with van der Waals surface area (Å²) in [6.45, 7) is 1.23. The van der Waals surface area contributed by atoms with E-state index in [2.05, 4.69) is 20.2 Å². The molecule has 33 heavy (non-hydrogen) atoms. The van der Waals surface area contributed by atoms with Gasteiger partial charge in [-0.25, -0.2) is 15.0 Å². The SMILES string of the molecule is O=C(Nc1c(-c2cccs2)nc2ccccn12)C1CN(c2cc(-c3ccccc3)ncn2)C1. The van der Waals surface area contributed by atoms with E-state index < -0.39 is 0 Å². The van der Waals surface area contributed by atoms with Crippen molar-refractivity contribution in [2.75, 3.05) is 23.3 Å². The summed E-state index contributed by atoms with van der Waals surface area (Å²) in [6.07, 6.45) is 3.50. The quantitative estimate of drug-likeness (QED) is 0.422. The van der Waals surface area contributed by atoms with Gasteiger partial charge in [0, 0.05) is 30.9 Å². The predicted molar refractivity (Wildman–Crippen MR) is 130 cm³/mol. The molecule has 0 aliphatic carbocycles. The fourth-order valence-corrected chi connectivity index (χ4v) is 4.75. The van der Waals surface area contributed by atoms with Gasteiger partial charge in [0.05, 0.1) is 16.5 Å². The summed E-state index contributed by atoms with van der Waals surface area (Å²) in [5, 5.41) is 5.16. The number of imidazole rings is 1. The number of anilines is 2. The van der Waals surface area contributed by atoms with Crippen LogP contribution in [-0.4, -0.2) is 38.3 Å². The molecule has 6 rings (SSSR count). The molecule has 1 N–H and O–H groups in total. The summed E-state index contributed by atoms with van der Waals surface area (Å²) in [7, 11) is 0. The second kappa shape index (κ2) is 8.14. The molecule has 0 bridgehead atoms. The minimum absolute atomic E-state index is 0.00736. The molecule has 5 heterocycles. The summed E-state index contributed by atoms with van der Waals surface area (Å²) in [4.78, 5) is 29.8. The first kappa shape index (κ1) is 19.6. The number of carbonyl (C=O) groups excluding carboxylic acids is 1. The lowest BCUT2D eigenvalue weighted by molar-refractivity contribution is -0.120. The minimum atomic E-state index is -0.120. The highest BCUT2D eigenvalue weighted by Gasteiger charge is 2.34. The maximum atomic E-state index is 13.1. The molecule has 0 radical (unpaired) electrons. The van der Waals surface area contributed by atoms with Crippen molar-refractivity contribution in [3.8, 4) is 21.8 Å². The van der Waals surface area contributed by atoms with Gasteiger partial charge in [0.2, 0.25) is 5.91 Å². The lowest BCUT2D eigenvalue weighted by Crippen LogP contribution is -2.52. The molecular weight excluding hydrogens is 432 g/mol. The van der Waals surface area contributed by atoms with E-state index in [9.17, 15) is 4.79 Å². The first-order valence-corrected chi connectivity index (χ1v) is 11.6. The average Bonchev–Trinajstić information content (AvgIpc) is 3.47. The smallest absolute Gasteiger partial charge is 0.232 e. The van der Waals surface area contributed by atoms with Crippen LogP contribution in [-0.2, 0) is 4.79 Å². The molecule has 8 heteroatoms. The van der Waals surface area contributed by atoms with Crippen molar-refractivity contribution in [1.82, 2.24) is 19.4 Å². The summed E-state index contributed by atoms with van der Waals surface area (Å²) < 4.78 is 1.93. The van der Waals surface area contributed by atoms with Crippen LogP contribution in [0.1, 0.15) is 0 Å². The highest BCUT2D eigenvalue weighted by Crippen LogP contribution is 2.33. The van der Waals surface area contributed by atoms with E-state index in [1.165, 1.54) is 0 Å². The van der Waals surface area contributed by atoms with Crippen molar-refractivity contribution < 1.29 is 4.79 Å². The third-order valence-electron chi connectivity index (χ3n) is 5.82. The van der Waals surface area contributed by atoms with E-state index in [1.807, 2.05) is 82.7 Å². The van der Waals surface area contributed by atoms with Crippen molar-refractivity contribution in [3.63, 3.8) is 0 Å². The first-order valence-electron chi connectivity index (χ1n) is 10.7. The Hall–Kier alpha value is -4.04. The van der Waals surface area contributed by atoms with E-state index in [0.717, 1.165) is 33.3 Å². The number of pyridine rings is 1. The van der Waals surface area contributed by atoms with E-state index in [0.29, 0.717) is 18.9 Å². The Labute approximate surface area is 194 Å². The van der Waals surface area contributed by atoms with Gasteiger partial charge in [0.25, 0.3) is 0 Å². The highest BCUT2D eigenvalue weighted by atomic mass is 32.1. The number of hydrogen-bond acceptors (Lipinski definition) is 6. The molecule has 5 aromatic rings. The number of hydrogen-bond donors (Lipinski definition) is 1. The molecule has 1 fully saturated rings. The lowest BCUT2D eigenvalue weighted by Gasteiger charge is -2.39. The van der Waals surface area contributed by atoms with Crippen LogP contribution in [0.5, 0.6) is 0 Å². The molecule has 162 valence electrons. The zero-order chi connectivity index (χ0) is 22.2. The van der Waals surface area contributed by atoms with Crippen LogP contribution in [0.2, 0.25) is 0 Å². The van der Waals surface area contributed by atoms with Crippen molar-refractivity contribution in [2.24, 2.45) is 5.92 Å². The third-order valence-corrected chi connectivity index (χ3v) is 6.70. The van der Waals surface area contributed by atoms with Crippen molar-refractivity contribution >= 4 is 34.5 Å². The average molecular weight is 453 g/mol. The van der Waals surface area contributed by atoms with Crippen molar-refractivity contribution in [3.05, 3.63) is 84.6 Å². The monoisotopic (exact) mass is 452 g/mol. The minimum Gasteiger partial charge on any atom is -0.355 e. The number of thiophene rings is 1. The summed E-state index contributed by atoms with van der Waals surface area (Å²) in [5.41, 5.74) is 3.52. The van der Waals surface area contributed by atoms with Crippen LogP contribution in [0.25, 0.3) is 27.5 Å². The third kappa shape index (κ3) is 3.64. The molecule has 0 atom stereocenters. The van der Waals surface area contributed by atoms with Gasteiger partial charge in [-0.05, 0) is 23.6 Å². The topological polar surface area (TPSA) is 75.4 Å². The number of benzene rings is 1. The van der Waals surface area contributed by atoms with E-state index in [1.54, 1.807) is 17.7 Å². The maximum Gasteiger partial charge on any atom is 0.232 e. The van der Waals surface area contributed by atoms with Gasteiger partial charge in [-0.15, -0.1) is 11.3 Å². The second-order valence-corrected chi connectivity index (χ2v) is 8.88. The van der Waals surface area contributed by atoms with Gasteiger partial charge in [-0.3, -0.25) is 9.20 Å². The van der Waals surface area contributed by atoms with E-state index >= 15 is 0 Å². The van der Waals surface area contributed by atoms with Crippen LogP contribution in [0, 0.1) is 5.92 Å². The van der Waals surface area contributed by atoms with Crippen LogP contribution in [0.15, 0.2) is 84.6 Å². The van der Waals surface area contributed by atoms with Gasteiger partial charge in [0.15, 0.2) is 0 Å². The molecule has 1 aliphatic rings. The molecular formula is C25H20N6OS. The van der Waals surface area contributed by atoms with Gasteiger partial charge >= 0.3 is 0 Å². The molecule has 1 aromatic carbocycles. The lowest BCUT2D eigenvalue weighted by atomic mass is 9.99. The number of nitrogens with one attached hydrogen (secondary N) is 1.